The summed E-state index contributed by atoms with van der Waals surface area (Å²) in [7, 11) is -2.69. The quantitative estimate of drug-likeness (QED) is 0.0819. The van der Waals surface area contributed by atoms with E-state index >= 15 is 0 Å². The Kier molecular flexibility index (Phi) is 25.9. The lowest BCUT2D eigenvalue weighted by atomic mass is 9.95. The van der Waals surface area contributed by atoms with E-state index in [1.54, 1.807) is 24.3 Å². The molecule has 14 bridgehead atoms. The lowest BCUT2D eigenvalue weighted by Crippen LogP contribution is -2.68. The lowest BCUT2D eigenvalue weighted by molar-refractivity contribution is -0.396. The number of ether oxygens (including phenoxy) is 14. The molecule has 35 atom stereocenters. The molecule has 43 heteroatoms. The van der Waals surface area contributed by atoms with Crippen molar-refractivity contribution in [3.05, 3.63) is 65.8 Å². The highest BCUT2D eigenvalue weighted by molar-refractivity contribution is 7.89. The maximum atomic E-state index is 12.6. The van der Waals surface area contributed by atoms with Gasteiger partial charge in [-0.2, -0.15) is 0 Å². The molecule has 21 fully saturated rings. The van der Waals surface area contributed by atoms with Gasteiger partial charge in [0.05, 0.1) is 51.1 Å². The molecule has 21 saturated heterocycles. The molecule has 0 radical (unpaired) electrons. The van der Waals surface area contributed by atoms with Crippen molar-refractivity contribution in [1.29, 1.82) is 0 Å². The van der Waals surface area contributed by atoms with E-state index in [-0.39, 0.29) is 22.0 Å². The standard InChI is InChI=1S/C42H70O35.C15H13N3O4S/c43-1-8-29-15(50)22(57)36(64-8)72-30-9(2-44)66-38(24(59)17(30)52)74-32-11(4-46)68-40(26(61)19(32)54)76-34-13(6-48)70-42(28(63)21(34)56)77-35-14(7-49)69-41(27(62)20(35)55)75-33-12(5-47)67-39(25(60)18(33)53)73-31-10(3-45)65-37(71-29)23(58)16(31)51;1-18-13(15(20)17-12-8-4-5-9-16-12)14(19)10-6-2-3-7-11(10)23(18,21)22/h8-63H,1-7H2;2-9,20H,1H3,(H,16,17)/b;15-13+/t8-,9-,10-,11-,12-,13-,14-,15-,16-,17-,18-,19-,20-,21-,22-,23-,24-,25-,26-,27-,28-,29-,30-,31-,32-,33-,34-,35-,36-,37-,38-,39-,40-,41-,42-;/m1./s1. The molecule has 42 nitrogen and oxygen atoms in total. The molecule has 0 spiro atoms. The normalized spacial score (nSPS) is 46.8. The second-order valence-electron chi connectivity index (χ2n) is 24.5. The Hall–Kier alpha value is -4.27. The molecule has 24 rings (SSSR count). The van der Waals surface area contributed by atoms with E-state index in [2.05, 4.69) is 10.3 Å². The first-order chi connectivity index (χ1) is 47.6. The number of benzene rings is 1. The summed E-state index contributed by atoms with van der Waals surface area (Å²) >= 11 is 0. The fraction of sp³-hybridized carbons (Fsp3) is 0.754. The minimum atomic E-state index is -3.91. The van der Waals surface area contributed by atoms with Gasteiger partial charge in [0, 0.05) is 18.8 Å². The molecule has 1 aromatic heterocycles. The summed E-state index contributed by atoms with van der Waals surface area (Å²) < 4.78 is 105. The third-order valence-electron chi connectivity index (χ3n) is 18.2. The van der Waals surface area contributed by atoms with E-state index in [0.29, 0.717) is 0 Å². The molecule has 23 N–H and O–H groups in total. The van der Waals surface area contributed by atoms with E-state index < -0.39 is 283 Å². The Bertz CT molecular complexity index is 2770. The summed E-state index contributed by atoms with van der Waals surface area (Å²) in [6.07, 6.45) is -68.7. The van der Waals surface area contributed by atoms with E-state index in [9.17, 15) is 126 Å². The van der Waals surface area contributed by atoms with Crippen LogP contribution in [0, 0.1) is 0 Å². The van der Waals surface area contributed by atoms with Crippen LogP contribution in [0.3, 0.4) is 0 Å². The van der Waals surface area contributed by atoms with Crippen molar-refractivity contribution in [1.82, 2.24) is 9.29 Å². The van der Waals surface area contributed by atoms with Crippen LogP contribution >= 0.6 is 0 Å². The highest BCUT2D eigenvalue weighted by Gasteiger charge is 2.60. The van der Waals surface area contributed by atoms with Crippen LogP contribution in [0.15, 0.2) is 65.1 Å². The van der Waals surface area contributed by atoms with Crippen molar-refractivity contribution in [2.45, 2.75) is 220 Å². The van der Waals surface area contributed by atoms with E-state index in [0.717, 1.165) is 4.31 Å². The van der Waals surface area contributed by atoms with Gasteiger partial charge in [-0.05, 0) is 24.3 Å². The fourth-order valence-corrected chi connectivity index (χ4v) is 14.1. The fourth-order valence-electron chi connectivity index (χ4n) is 12.7. The number of nitrogens with one attached hydrogen (secondary N) is 1. The van der Waals surface area contributed by atoms with E-state index in [4.69, 9.17) is 66.3 Å². The van der Waals surface area contributed by atoms with Crippen LogP contribution in [0.5, 0.6) is 0 Å². The van der Waals surface area contributed by atoms with Gasteiger partial charge in [-0.25, -0.2) is 13.4 Å². The van der Waals surface area contributed by atoms with Crippen LogP contribution in [-0.2, 0) is 76.3 Å². The molecule has 22 aliphatic heterocycles. The van der Waals surface area contributed by atoms with Gasteiger partial charge >= 0.3 is 0 Å². The van der Waals surface area contributed by atoms with Crippen LogP contribution in [-0.4, -0.2) is 404 Å². The lowest BCUT2D eigenvalue weighted by Gasteiger charge is -2.50. The number of carbonyl (C=O) groups excluding carboxylic acids is 1. The van der Waals surface area contributed by atoms with Crippen LogP contribution in [0.1, 0.15) is 10.4 Å². The highest BCUT2D eigenvalue weighted by Crippen LogP contribution is 2.40. The molecule has 22 aliphatic rings. The predicted octanol–water partition coefficient (Wildman–Crippen LogP) is -13.5. The maximum Gasteiger partial charge on any atom is 0.265 e. The van der Waals surface area contributed by atoms with Gasteiger partial charge < -0.3 is 184 Å². The number of nitrogens with zero attached hydrogens (tertiary/aromatic N) is 2. The van der Waals surface area contributed by atoms with Crippen molar-refractivity contribution in [2.24, 2.45) is 0 Å². The number of fused-ring (bicyclic) bond motifs is 1. The average molecular weight is 1470 g/mol. The number of aromatic nitrogens is 1. The van der Waals surface area contributed by atoms with Gasteiger partial charge in [0.15, 0.2) is 49.7 Å². The number of likely N-dealkylation sites (N-methyl/N-ethyl adjacent to an activating group) is 1. The zero-order valence-corrected chi connectivity index (χ0v) is 53.2. The molecule has 2 aromatic rings. The minimum absolute atomic E-state index is 0.0231. The number of rotatable bonds is 9. The number of carbonyl (C=O) groups is 1. The molecule has 0 unspecified atom stereocenters. The second-order valence-corrected chi connectivity index (χ2v) is 26.4. The Morgan fingerprint density at radius 3 is 0.850 bits per heavy atom. The summed E-state index contributed by atoms with van der Waals surface area (Å²) in [5, 5.41) is 243. The number of ketones is 1. The number of sulfonamides is 1. The van der Waals surface area contributed by atoms with Gasteiger partial charge in [-0.15, -0.1) is 0 Å². The third kappa shape index (κ3) is 15.4. The van der Waals surface area contributed by atoms with Gasteiger partial charge in [0.1, 0.15) is 177 Å². The first kappa shape index (κ1) is 78.3. The zero-order valence-electron chi connectivity index (χ0n) is 52.4. The first-order valence-corrected chi connectivity index (χ1v) is 32.7. The van der Waals surface area contributed by atoms with Crippen LogP contribution in [0.2, 0.25) is 0 Å². The number of pyridine rings is 1. The molecular formula is C57H83N3O39S. The third-order valence-corrected chi connectivity index (χ3v) is 20.0. The number of aliphatic hydroxyl groups excluding tert-OH is 22. The zero-order chi connectivity index (χ0) is 72.7. The number of aliphatic hydroxyl groups is 22. The van der Waals surface area contributed by atoms with Crippen molar-refractivity contribution in [3.8, 4) is 0 Å². The highest BCUT2D eigenvalue weighted by atomic mass is 32.2. The Morgan fingerprint density at radius 1 is 0.380 bits per heavy atom. The maximum absolute atomic E-state index is 12.6. The van der Waals surface area contributed by atoms with Gasteiger partial charge in [-0.1, -0.05) is 18.2 Å². The van der Waals surface area contributed by atoms with Crippen molar-refractivity contribution in [3.63, 3.8) is 0 Å². The summed E-state index contributed by atoms with van der Waals surface area (Å²) in [5.74, 6) is -0.872. The molecule has 0 aliphatic carbocycles. The topological polar surface area (TPSA) is 654 Å². The molecule has 23 heterocycles. The Balaban J connectivity index is 0.000000394. The van der Waals surface area contributed by atoms with Crippen LogP contribution in [0.4, 0.5) is 5.82 Å². The number of hydrogen-bond acceptors (Lipinski definition) is 41. The van der Waals surface area contributed by atoms with E-state index in [1.807, 2.05) is 0 Å². The van der Waals surface area contributed by atoms with E-state index in [1.165, 1.54) is 31.4 Å². The molecule has 566 valence electrons. The first-order valence-electron chi connectivity index (χ1n) is 31.3. The molecule has 0 saturated carbocycles. The molecule has 0 amide bonds. The molecule has 100 heavy (non-hydrogen) atoms. The Labute approximate surface area is 565 Å². The number of anilines is 1. The van der Waals surface area contributed by atoms with Crippen molar-refractivity contribution < 1.29 is 192 Å². The van der Waals surface area contributed by atoms with Crippen LogP contribution < -0.4 is 5.32 Å². The summed E-state index contributed by atoms with van der Waals surface area (Å²) in [6.45, 7) is -7.33. The summed E-state index contributed by atoms with van der Waals surface area (Å²) in [6, 6.07) is 10.8. The van der Waals surface area contributed by atoms with Gasteiger partial charge in [0.25, 0.3) is 10.0 Å². The summed E-state index contributed by atoms with van der Waals surface area (Å²) in [5.41, 5.74) is -0.329. The average Bonchev–Trinajstić information content (AvgIpc) is 0.745. The van der Waals surface area contributed by atoms with Crippen molar-refractivity contribution >= 4 is 21.6 Å². The molecular weight excluding hydrogens is 1380 g/mol. The van der Waals surface area contributed by atoms with Crippen molar-refractivity contribution in [2.75, 3.05) is 58.6 Å². The predicted molar refractivity (Wildman–Crippen MR) is 312 cm³/mol. The largest absolute Gasteiger partial charge is 0.493 e. The SMILES string of the molecule is CN1/C(=C(/O)Nc2ccccn2)C(=O)c2ccccc2S1(=O)=O.OC[C@H]1O[C@@H]2O[C@H]3[C@H](O)[C@@H](O)[C@@H](O[C@H]4[C@H](O)[C@@H](O)[C@@H](O[C@H]5[C@H](O)[C@@H](O)[C@@H](O[C@H]6[C@H](O)[C@@H](O)[C@@H](O[C@H]7[C@H](O)[C@@H](O)[C@@H](O[C@H]8[C@H](O)[C@@H](O)[C@@H](O[C@H]1[C@H](O)[C@H]2O)O[C@@H]8CO)O[C@@H]7CO)O[C@@H]6CO)O[C@@H]5CO)O[C@@H]4CO)O[C@@H]3CO. The number of allylic oxidation sites excluding steroid dienone is 1. The Morgan fingerprint density at radius 2 is 0.620 bits per heavy atom. The smallest absolute Gasteiger partial charge is 0.265 e. The monoisotopic (exact) mass is 1470 g/mol. The number of hydrogen-bond donors (Lipinski definition) is 23. The number of Topliss-reactive ketones (excluding diaryl/α,β-unsaturated/α-hetero) is 1. The molecule has 1 aromatic carbocycles. The van der Waals surface area contributed by atoms with Gasteiger partial charge in [0.2, 0.25) is 11.7 Å². The second kappa shape index (κ2) is 33.0. The van der Waals surface area contributed by atoms with Crippen LogP contribution in [0.25, 0.3) is 0 Å². The minimum Gasteiger partial charge on any atom is -0.493 e. The van der Waals surface area contributed by atoms with Gasteiger partial charge in [-0.3, -0.25) is 9.10 Å². The summed E-state index contributed by atoms with van der Waals surface area (Å²) in [4.78, 5) is 16.4.